The first-order valence-corrected chi connectivity index (χ1v) is 8.20. The van der Waals surface area contributed by atoms with Gasteiger partial charge in [-0.25, -0.2) is 9.18 Å². The van der Waals surface area contributed by atoms with Gasteiger partial charge in [-0.15, -0.1) is 0 Å². The molecule has 3 aromatic rings. The minimum atomic E-state index is -0.395. The van der Waals surface area contributed by atoms with Gasteiger partial charge >= 0.3 is 5.97 Å². The third kappa shape index (κ3) is 4.42. The molecule has 0 saturated heterocycles. The lowest BCUT2D eigenvalue weighted by molar-refractivity contribution is 0.0735. The second kappa shape index (κ2) is 7.74. The number of benzene rings is 3. The van der Waals surface area contributed by atoms with Crippen LogP contribution in [0, 0.1) is 19.7 Å². The molecule has 0 fully saturated rings. The molecule has 0 amide bonds. The number of ether oxygens (including phenoxy) is 1. The molecule has 0 aliphatic carbocycles. The summed E-state index contributed by atoms with van der Waals surface area (Å²) in [5.74, 6) is -0.178. The van der Waals surface area contributed by atoms with E-state index in [9.17, 15) is 9.18 Å². The van der Waals surface area contributed by atoms with Crippen LogP contribution in [0.2, 0.25) is 0 Å². The average Bonchev–Trinajstić information content (AvgIpc) is 2.64. The number of carbonyl (C=O) groups is 1. The first-order valence-electron chi connectivity index (χ1n) is 8.20. The third-order valence-corrected chi connectivity index (χ3v) is 3.88. The van der Waals surface area contributed by atoms with E-state index in [-0.39, 0.29) is 5.82 Å². The van der Waals surface area contributed by atoms with Gasteiger partial charge in [0.2, 0.25) is 0 Å². The van der Waals surface area contributed by atoms with Crippen LogP contribution < -0.4 is 4.74 Å². The highest BCUT2D eigenvalue weighted by Crippen LogP contribution is 2.18. The van der Waals surface area contributed by atoms with Gasteiger partial charge in [0.25, 0.3) is 0 Å². The second-order valence-electron chi connectivity index (χ2n) is 6.02. The van der Waals surface area contributed by atoms with Gasteiger partial charge in [0.05, 0.1) is 11.3 Å². The lowest BCUT2D eigenvalue weighted by atomic mass is 10.1. The van der Waals surface area contributed by atoms with Gasteiger partial charge in [-0.1, -0.05) is 17.7 Å². The Hall–Kier alpha value is -3.27. The number of esters is 1. The van der Waals surface area contributed by atoms with Crippen molar-refractivity contribution in [3.8, 4) is 5.75 Å². The monoisotopic (exact) mass is 347 g/mol. The molecule has 26 heavy (non-hydrogen) atoms. The second-order valence-corrected chi connectivity index (χ2v) is 6.02. The van der Waals surface area contributed by atoms with Gasteiger partial charge in [-0.3, -0.25) is 4.99 Å². The Balaban J connectivity index is 1.66. The Kier molecular flexibility index (Phi) is 5.23. The number of hydrogen-bond donors (Lipinski definition) is 0. The van der Waals surface area contributed by atoms with Gasteiger partial charge in [-0.05, 0) is 79.6 Å². The van der Waals surface area contributed by atoms with Crippen LogP contribution in [0.25, 0.3) is 0 Å². The fourth-order valence-corrected chi connectivity index (χ4v) is 2.34. The molecular weight excluding hydrogens is 329 g/mol. The molecular formula is C22H18FNO2. The largest absolute Gasteiger partial charge is 0.423 e. The number of aryl methyl sites for hydroxylation is 2. The average molecular weight is 347 g/mol. The lowest BCUT2D eigenvalue weighted by Crippen LogP contribution is -2.08. The molecule has 0 spiro atoms. The molecule has 0 bridgehead atoms. The Morgan fingerprint density at radius 1 is 0.962 bits per heavy atom. The summed E-state index contributed by atoms with van der Waals surface area (Å²) in [6, 6.07) is 18.9. The lowest BCUT2D eigenvalue weighted by Gasteiger charge is -2.05. The van der Waals surface area contributed by atoms with Crippen molar-refractivity contribution >= 4 is 17.9 Å². The van der Waals surface area contributed by atoms with Crippen molar-refractivity contribution < 1.29 is 13.9 Å². The smallest absolute Gasteiger partial charge is 0.343 e. The summed E-state index contributed by atoms with van der Waals surface area (Å²) < 4.78 is 18.6. The van der Waals surface area contributed by atoms with Crippen molar-refractivity contribution in [2.24, 2.45) is 4.99 Å². The Morgan fingerprint density at radius 2 is 1.65 bits per heavy atom. The molecule has 0 atom stereocenters. The van der Waals surface area contributed by atoms with Gasteiger partial charge in [0.15, 0.2) is 0 Å². The summed E-state index contributed by atoms with van der Waals surface area (Å²) in [5.41, 5.74) is 3.67. The third-order valence-electron chi connectivity index (χ3n) is 3.88. The quantitative estimate of drug-likeness (QED) is 0.359. The summed E-state index contributed by atoms with van der Waals surface area (Å²) in [4.78, 5) is 16.4. The van der Waals surface area contributed by atoms with Crippen molar-refractivity contribution in [3.05, 3.63) is 94.8 Å². The molecule has 0 heterocycles. The molecule has 3 rings (SSSR count). The fourth-order valence-electron chi connectivity index (χ4n) is 2.34. The maximum absolute atomic E-state index is 13.3. The predicted molar refractivity (Wildman–Crippen MR) is 101 cm³/mol. The highest BCUT2D eigenvalue weighted by molar-refractivity contribution is 5.91. The minimum Gasteiger partial charge on any atom is -0.423 e. The summed E-state index contributed by atoms with van der Waals surface area (Å²) in [6.45, 7) is 3.66. The van der Waals surface area contributed by atoms with Crippen LogP contribution in [0.3, 0.4) is 0 Å². The van der Waals surface area contributed by atoms with E-state index in [1.165, 1.54) is 6.07 Å². The van der Waals surface area contributed by atoms with Crippen molar-refractivity contribution in [3.63, 3.8) is 0 Å². The van der Waals surface area contributed by atoms with E-state index in [0.717, 1.165) is 11.1 Å². The number of hydrogen-bond acceptors (Lipinski definition) is 3. The highest BCUT2D eigenvalue weighted by Gasteiger charge is 2.07. The summed E-state index contributed by atoms with van der Waals surface area (Å²) in [7, 11) is 0. The van der Waals surface area contributed by atoms with Crippen LogP contribution >= 0.6 is 0 Å². The molecule has 0 saturated carbocycles. The summed E-state index contributed by atoms with van der Waals surface area (Å²) in [5, 5.41) is 0. The number of carbonyl (C=O) groups excluding carboxylic acids is 1. The molecule has 3 nitrogen and oxygen atoms in total. The number of aliphatic imine (C=N–C) groups is 1. The molecule has 4 heteroatoms. The molecule has 3 aromatic carbocycles. The highest BCUT2D eigenvalue weighted by atomic mass is 19.1. The van der Waals surface area contributed by atoms with E-state index in [0.29, 0.717) is 22.6 Å². The molecule has 0 aromatic heterocycles. The molecule has 0 unspecified atom stereocenters. The summed E-state index contributed by atoms with van der Waals surface area (Å²) >= 11 is 0. The molecule has 130 valence electrons. The van der Waals surface area contributed by atoms with Crippen molar-refractivity contribution in [1.29, 1.82) is 0 Å². The Morgan fingerprint density at radius 3 is 2.31 bits per heavy atom. The number of nitrogens with zero attached hydrogens (tertiary/aromatic N) is 1. The zero-order valence-corrected chi connectivity index (χ0v) is 14.6. The SMILES string of the molecule is Cc1ccc(C(=O)Oc2ccc(C=Nc3ccc(F)c(C)c3)cc2)cc1. The Labute approximate surface area is 151 Å². The molecule has 0 radical (unpaired) electrons. The van der Waals surface area contributed by atoms with E-state index < -0.39 is 5.97 Å². The number of rotatable bonds is 4. The van der Waals surface area contributed by atoms with E-state index in [1.807, 2.05) is 19.1 Å². The van der Waals surface area contributed by atoms with Crippen LogP contribution in [-0.2, 0) is 0 Å². The Bertz CT molecular complexity index is 945. The topological polar surface area (TPSA) is 38.7 Å². The van der Waals surface area contributed by atoms with Crippen molar-refractivity contribution in [2.75, 3.05) is 0 Å². The number of halogens is 1. The maximum Gasteiger partial charge on any atom is 0.343 e. The molecule has 0 aliphatic heterocycles. The van der Waals surface area contributed by atoms with Crippen LogP contribution in [0.5, 0.6) is 5.75 Å². The standard InChI is InChI=1S/C22H18FNO2/c1-15-3-7-18(8-4-15)22(25)26-20-10-5-17(6-11-20)14-24-19-9-12-21(23)16(2)13-19/h3-14H,1-2H3. The maximum atomic E-state index is 13.3. The van der Waals surface area contributed by atoms with Crippen LogP contribution in [0.4, 0.5) is 10.1 Å². The first-order chi connectivity index (χ1) is 12.5. The molecule has 0 N–H and O–H groups in total. The van der Waals surface area contributed by atoms with E-state index in [2.05, 4.69) is 4.99 Å². The van der Waals surface area contributed by atoms with Gasteiger partial charge in [0, 0.05) is 6.21 Å². The minimum absolute atomic E-state index is 0.247. The van der Waals surface area contributed by atoms with E-state index in [1.54, 1.807) is 61.7 Å². The first kappa shape index (κ1) is 17.5. The van der Waals surface area contributed by atoms with E-state index >= 15 is 0 Å². The fraction of sp³-hybridized carbons (Fsp3) is 0.0909. The van der Waals surface area contributed by atoms with Gasteiger partial charge in [0.1, 0.15) is 11.6 Å². The van der Waals surface area contributed by atoms with Crippen LogP contribution in [-0.4, -0.2) is 12.2 Å². The van der Waals surface area contributed by atoms with E-state index in [4.69, 9.17) is 4.74 Å². The van der Waals surface area contributed by atoms with Gasteiger partial charge < -0.3 is 4.74 Å². The van der Waals surface area contributed by atoms with Gasteiger partial charge in [-0.2, -0.15) is 0 Å². The summed E-state index contributed by atoms with van der Waals surface area (Å²) in [6.07, 6.45) is 1.68. The predicted octanol–water partition coefficient (Wildman–Crippen LogP) is 5.41. The molecule has 0 aliphatic rings. The normalized spacial score (nSPS) is 10.9. The van der Waals surface area contributed by atoms with Crippen molar-refractivity contribution in [2.45, 2.75) is 13.8 Å². The zero-order valence-electron chi connectivity index (χ0n) is 14.6. The van der Waals surface area contributed by atoms with Crippen molar-refractivity contribution in [1.82, 2.24) is 0 Å². The van der Waals surface area contributed by atoms with Crippen LogP contribution in [0.1, 0.15) is 27.0 Å². The van der Waals surface area contributed by atoms with Crippen LogP contribution in [0.15, 0.2) is 71.7 Å². The zero-order chi connectivity index (χ0) is 18.5.